The standard InChI is InChI=1S/C9H12N2O3S/c1-2-15(13,14)11-9(10-12)8-6-4-3-5-7-8/h3-7,12H,2H2,1H3,(H,10,11)/p+1. The predicted molar refractivity (Wildman–Crippen MR) is 55.9 cm³/mol. The Balaban J connectivity index is 3.11. The first-order valence-electron chi connectivity index (χ1n) is 4.42. The normalized spacial score (nSPS) is 12.5. The van der Waals surface area contributed by atoms with Gasteiger partial charge in [-0.15, -0.1) is 5.48 Å². The van der Waals surface area contributed by atoms with Gasteiger partial charge in [0, 0.05) is 0 Å². The van der Waals surface area contributed by atoms with Crippen molar-refractivity contribution in [2.45, 2.75) is 6.92 Å². The van der Waals surface area contributed by atoms with Crippen LogP contribution in [-0.4, -0.2) is 25.2 Å². The van der Waals surface area contributed by atoms with Crippen LogP contribution in [0.25, 0.3) is 0 Å². The maximum atomic E-state index is 11.3. The van der Waals surface area contributed by atoms with Gasteiger partial charge in [0.05, 0.1) is 11.3 Å². The molecule has 15 heavy (non-hydrogen) atoms. The highest BCUT2D eigenvalue weighted by atomic mass is 32.2. The third kappa shape index (κ3) is 3.34. The fourth-order valence-electron chi connectivity index (χ4n) is 0.979. The molecule has 82 valence electrons. The summed E-state index contributed by atoms with van der Waals surface area (Å²) in [5, 5.41) is 8.82. The molecule has 0 radical (unpaired) electrons. The van der Waals surface area contributed by atoms with E-state index in [2.05, 4.69) is 4.40 Å². The molecule has 0 aliphatic heterocycles. The van der Waals surface area contributed by atoms with Crippen molar-refractivity contribution in [1.29, 1.82) is 0 Å². The van der Waals surface area contributed by atoms with Crippen LogP contribution in [0.15, 0.2) is 30.3 Å². The second-order valence-electron chi connectivity index (χ2n) is 2.86. The van der Waals surface area contributed by atoms with E-state index in [4.69, 9.17) is 5.21 Å². The Morgan fingerprint density at radius 2 is 2.00 bits per heavy atom. The van der Waals surface area contributed by atoms with E-state index in [1.54, 1.807) is 30.3 Å². The minimum atomic E-state index is -3.39. The summed E-state index contributed by atoms with van der Waals surface area (Å²) in [5.41, 5.74) is 2.40. The molecule has 0 atom stereocenters. The van der Waals surface area contributed by atoms with Crippen LogP contribution in [0.2, 0.25) is 0 Å². The van der Waals surface area contributed by atoms with Crippen molar-refractivity contribution in [3.63, 3.8) is 0 Å². The molecule has 6 heteroatoms. The number of hydrogen-bond acceptors (Lipinski definition) is 3. The van der Waals surface area contributed by atoms with Crippen LogP contribution in [0.1, 0.15) is 12.5 Å². The SMILES string of the molecule is CCS(=O)(=O)[NH+]=C(NO)c1ccccc1. The van der Waals surface area contributed by atoms with E-state index in [9.17, 15) is 8.42 Å². The number of hydroxylamine groups is 1. The number of rotatable bonds is 3. The maximum Gasteiger partial charge on any atom is 0.320 e. The van der Waals surface area contributed by atoms with Crippen LogP contribution in [0, 0.1) is 0 Å². The molecule has 0 saturated heterocycles. The van der Waals surface area contributed by atoms with Gasteiger partial charge in [-0.2, -0.15) is 12.8 Å². The lowest BCUT2D eigenvalue weighted by Crippen LogP contribution is -2.79. The second-order valence-corrected chi connectivity index (χ2v) is 4.87. The van der Waals surface area contributed by atoms with Crippen LogP contribution in [0.3, 0.4) is 0 Å². The first-order chi connectivity index (χ1) is 7.09. The molecule has 0 heterocycles. The predicted octanol–water partition coefficient (Wildman–Crippen LogP) is -1.16. The van der Waals surface area contributed by atoms with Gasteiger partial charge in [0.25, 0.3) is 10.0 Å². The fraction of sp³-hybridized carbons (Fsp3) is 0.222. The first kappa shape index (κ1) is 11.7. The molecule has 0 aromatic heterocycles. The molecular weight excluding hydrogens is 216 g/mol. The summed E-state index contributed by atoms with van der Waals surface area (Å²) in [7, 11) is -3.39. The van der Waals surface area contributed by atoms with E-state index < -0.39 is 10.0 Å². The molecule has 0 unspecified atom stereocenters. The Morgan fingerprint density at radius 3 is 2.47 bits per heavy atom. The van der Waals surface area contributed by atoms with E-state index in [0.29, 0.717) is 5.56 Å². The van der Waals surface area contributed by atoms with E-state index in [0.717, 1.165) is 0 Å². The van der Waals surface area contributed by atoms with Crippen LogP contribution < -0.4 is 9.88 Å². The summed E-state index contributed by atoms with van der Waals surface area (Å²) in [6, 6.07) is 8.64. The molecule has 3 N–H and O–H groups in total. The zero-order chi connectivity index (χ0) is 11.3. The quantitative estimate of drug-likeness (QED) is 0.347. The van der Waals surface area contributed by atoms with Crippen LogP contribution in [0.5, 0.6) is 0 Å². The molecule has 1 aromatic rings. The van der Waals surface area contributed by atoms with E-state index in [-0.39, 0.29) is 11.6 Å². The van der Waals surface area contributed by atoms with Crippen LogP contribution in [0.4, 0.5) is 0 Å². The van der Waals surface area contributed by atoms with Crippen molar-refractivity contribution < 1.29 is 18.0 Å². The summed E-state index contributed by atoms with van der Waals surface area (Å²) >= 11 is 0. The highest BCUT2D eigenvalue weighted by Gasteiger charge is 2.14. The summed E-state index contributed by atoms with van der Waals surface area (Å²) < 4.78 is 24.8. The van der Waals surface area contributed by atoms with Gasteiger partial charge in [-0.1, -0.05) is 18.2 Å². The zero-order valence-corrected chi connectivity index (χ0v) is 9.08. The van der Waals surface area contributed by atoms with Crippen molar-refractivity contribution in [2.75, 3.05) is 5.75 Å². The minimum Gasteiger partial charge on any atom is -0.212 e. The average molecular weight is 229 g/mol. The highest BCUT2D eigenvalue weighted by Crippen LogP contribution is 1.95. The first-order valence-corrected chi connectivity index (χ1v) is 6.07. The third-order valence-corrected chi connectivity index (χ3v) is 3.09. The molecule has 0 bridgehead atoms. The Hall–Kier alpha value is -1.40. The minimum absolute atomic E-state index is 0.0506. The van der Waals surface area contributed by atoms with Gasteiger partial charge in [-0.25, -0.2) is 5.21 Å². The molecule has 5 nitrogen and oxygen atoms in total. The number of amidine groups is 1. The van der Waals surface area contributed by atoms with Crippen molar-refractivity contribution in [3.8, 4) is 0 Å². The van der Waals surface area contributed by atoms with Crippen molar-refractivity contribution >= 4 is 15.9 Å². The number of benzene rings is 1. The average Bonchev–Trinajstić information content (AvgIpc) is 2.27. The second kappa shape index (κ2) is 4.90. The maximum absolute atomic E-state index is 11.3. The Labute approximate surface area is 88.5 Å². The van der Waals surface area contributed by atoms with Gasteiger partial charge in [-0.3, -0.25) is 0 Å². The zero-order valence-electron chi connectivity index (χ0n) is 8.27. The smallest absolute Gasteiger partial charge is 0.212 e. The van der Waals surface area contributed by atoms with Crippen molar-refractivity contribution in [3.05, 3.63) is 35.9 Å². The van der Waals surface area contributed by atoms with Gasteiger partial charge >= 0.3 is 5.84 Å². The van der Waals surface area contributed by atoms with Gasteiger partial charge in [0.1, 0.15) is 0 Å². The van der Waals surface area contributed by atoms with Crippen molar-refractivity contribution in [1.82, 2.24) is 5.48 Å². The van der Waals surface area contributed by atoms with Crippen molar-refractivity contribution in [2.24, 2.45) is 0 Å². The van der Waals surface area contributed by atoms with Crippen LogP contribution in [-0.2, 0) is 10.0 Å². The summed E-state index contributed by atoms with van der Waals surface area (Å²) in [4.78, 5) is 0. The lowest BCUT2D eigenvalue weighted by atomic mass is 10.2. The van der Waals surface area contributed by atoms with Gasteiger partial charge < -0.3 is 0 Å². The molecule has 0 fully saturated rings. The molecule has 0 aliphatic rings. The highest BCUT2D eigenvalue weighted by molar-refractivity contribution is 7.84. The summed E-state index contributed by atoms with van der Waals surface area (Å²) in [6.07, 6.45) is 0. The molecule has 0 spiro atoms. The van der Waals surface area contributed by atoms with Gasteiger partial charge in [0.15, 0.2) is 0 Å². The molecule has 1 aromatic carbocycles. The van der Waals surface area contributed by atoms with E-state index in [1.807, 2.05) is 5.48 Å². The topological polar surface area (TPSA) is 80.4 Å². The fourth-order valence-corrected chi connectivity index (χ4v) is 1.60. The summed E-state index contributed by atoms with van der Waals surface area (Å²) in [6.45, 7) is 1.52. The van der Waals surface area contributed by atoms with E-state index >= 15 is 0 Å². The third-order valence-electron chi connectivity index (χ3n) is 1.81. The lowest BCUT2D eigenvalue weighted by Gasteiger charge is -1.97. The van der Waals surface area contributed by atoms with Crippen LogP contribution >= 0.6 is 0 Å². The Kier molecular flexibility index (Phi) is 3.81. The monoisotopic (exact) mass is 229 g/mol. The number of nitrogens with one attached hydrogen (secondary N) is 2. The summed E-state index contributed by atoms with van der Waals surface area (Å²) in [5.74, 6) is 0.00261. The lowest BCUT2D eigenvalue weighted by molar-refractivity contribution is -0.273. The largest absolute Gasteiger partial charge is 0.320 e. The molecule has 1 rings (SSSR count). The Bertz CT molecular complexity index is 440. The molecule has 0 saturated carbocycles. The number of sulfonamides is 1. The molecule has 0 aliphatic carbocycles. The molecular formula is C9H13N2O3S+. The Morgan fingerprint density at radius 1 is 1.40 bits per heavy atom. The van der Waals surface area contributed by atoms with Gasteiger partial charge in [-0.05, 0) is 19.1 Å². The van der Waals surface area contributed by atoms with E-state index in [1.165, 1.54) is 6.92 Å². The number of hydrogen-bond donors (Lipinski definition) is 3. The van der Waals surface area contributed by atoms with Gasteiger partial charge in [0.2, 0.25) is 0 Å². The molecule has 0 amide bonds.